The molecule has 3 rings (SSSR count). The first-order valence-corrected chi connectivity index (χ1v) is 7.67. The summed E-state index contributed by atoms with van der Waals surface area (Å²) >= 11 is 0. The topological polar surface area (TPSA) is 49.8 Å². The second kappa shape index (κ2) is 5.68. The normalized spacial score (nSPS) is 31.0. The molecule has 4 nitrogen and oxygen atoms in total. The SMILES string of the molecule is COc1cccc(C(=O)N(C)C2C[C@H]3CC(O)C[C@H]3C2)c1. The van der Waals surface area contributed by atoms with Crippen LogP contribution in [0.4, 0.5) is 0 Å². The molecule has 2 aliphatic rings. The summed E-state index contributed by atoms with van der Waals surface area (Å²) in [6, 6.07) is 7.61. The number of aliphatic hydroxyl groups excluding tert-OH is 1. The van der Waals surface area contributed by atoms with E-state index in [2.05, 4.69) is 0 Å². The highest BCUT2D eigenvalue weighted by Gasteiger charge is 2.43. The van der Waals surface area contributed by atoms with Crippen molar-refractivity contribution in [3.63, 3.8) is 0 Å². The molecule has 4 atom stereocenters. The summed E-state index contributed by atoms with van der Waals surface area (Å²) in [6.07, 6.45) is 3.73. The molecular weight excluding hydrogens is 266 g/mol. The number of rotatable bonds is 3. The van der Waals surface area contributed by atoms with E-state index in [1.807, 2.05) is 30.1 Å². The fourth-order valence-corrected chi connectivity index (χ4v) is 3.99. The van der Waals surface area contributed by atoms with E-state index in [1.54, 1.807) is 13.2 Å². The zero-order valence-electron chi connectivity index (χ0n) is 12.7. The van der Waals surface area contributed by atoms with Gasteiger partial charge in [-0.2, -0.15) is 0 Å². The number of benzene rings is 1. The molecule has 2 fully saturated rings. The van der Waals surface area contributed by atoms with E-state index < -0.39 is 0 Å². The van der Waals surface area contributed by atoms with Crippen LogP contribution < -0.4 is 4.74 Å². The maximum absolute atomic E-state index is 12.6. The van der Waals surface area contributed by atoms with E-state index in [4.69, 9.17) is 4.74 Å². The Morgan fingerprint density at radius 2 is 1.90 bits per heavy atom. The molecule has 1 aromatic rings. The number of hydrogen-bond acceptors (Lipinski definition) is 3. The second-order valence-corrected chi connectivity index (χ2v) is 6.42. The van der Waals surface area contributed by atoms with Crippen LogP contribution in [-0.4, -0.2) is 42.2 Å². The number of nitrogens with zero attached hydrogens (tertiary/aromatic N) is 1. The quantitative estimate of drug-likeness (QED) is 0.929. The van der Waals surface area contributed by atoms with Crippen LogP contribution in [0.2, 0.25) is 0 Å². The van der Waals surface area contributed by atoms with Gasteiger partial charge in [0.05, 0.1) is 13.2 Å². The molecule has 0 radical (unpaired) electrons. The molecule has 4 heteroatoms. The highest BCUT2D eigenvalue weighted by molar-refractivity contribution is 5.94. The predicted octanol–water partition coefficient (Wildman–Crippen LogP) is 2.32. The molecule has 1 N–H and O–H groups in total. The molecule has 0 aliphatic heterocycles. The maximum Gasteiger partial charge on any atom is 0.253 e. The molecule has 0 heterocycles. The Balaban J connectivity index is 1.68. The fraction of sp³-hybridized carbons (Fsp3) is 0.588. The van der Waals surface area contributed by atoms with Crippen molar-refractivity contribution in [2.75, 3.05) is 14.2 Å². The molecule has 2 unspecified atom stereocenters. The number of carbonyl (C=O) groups excluding carboxylic acids is 1. The van der Waals surface area contributed by atoms with Gasteiger partial charge in [-0.3, -0.25) is 4.79 Å². The maximum atomic E-state index is 12.6. The van der Waals surface area contributed by atoms with E-state index in [-0.39, 0.29) is 12.0 Å². The van der Waals surface area contributed by atoms with Crippen molar-refractivity contribution >= 4 is 5.91 Å². The molecule has 0 bridgehead atoms. The molecule has 2 aliphatic carbocycles. The predicted molar refractivity (Wildman–Crippen MR) is 80.3 cm³/mol. The lowest BCUT2D eigenvalue weighted by atomic mass is 10.0. The van der Waals surface area contributed by atoms with Crippen molar-refractivity contribution in [3.05, 3.63) is 29.8 Å². The first-order valence-electron chi connectivity index (χ1n) is 7.67. The van der Waals surface area contributed by atoms with Crippen molar-refractivity contribution < 1.29 is 14.6 Å². The van der Waals surface area contributed by atoms with Crippen molar-refractivity contribution in [3.8, 4) is 5.75 Å². The first kappa shape index (κ1) is 14.4. The van der Waals surface area contributed by atoms with E-state index in [0.29, 0.717) is 29.2 Å². The number of amides is 1. The number of carbonyl (C=O) groups is 1. The third-order valence-corrected chi connectivity index (χ3v) is 5.15. The summed E-state index contributed by atoms with van der Waals surface area (Å²) < 4.78 is 5.18. The van der Waals surface area contributed by atoms with Gasteiger partial charge in [-0.05, 0) is 55.7 Å². The summed E-state index contributed by atoms with van der Waals surface area (Å²) in [6.45, 7) is 0. The Bertz CT molecular complexity index is 517. The lowest BCUT2D eigenvalue weighted by Gasteiger charge is -2.26. The molecule has 0 spiro atoms. The lowest BCUT2D eigenvalue weighted by molar-refractivity contribution is 0.0722. The average Bonchev–Trinajstić information content (AvgIpc) is 3.03. The summed E-state index contributed by atoms with van der Waals surface area (Å²) in [5.74, 6) is 1.94. The van der Waals surface area contributed by atoms with Gasteiger partial charge < -0.3 is 14.7 Å². The number of methoxy groups -OCH3 is 1. The van der Waals surface area contributed by atoms with E-state index in [9.17, 15) is 9.90 Å². The number of hydrogen-bond donors (Lipinski definition) is 1. The van der Waals surface area contributed by atoms with Crippen LogP contribution in [0, 0.1) is 11.8 Å². The molecule has 0 aromatic heterocycles. The zero-order chi connectivity index (χ0) is 15.0. The van der Waals surface area contributed by atoms with Gasteiger partial charge in [0.15, 0.2) is 0 Å². The van der Waals surface area contributed by atoms with Gasteiger partial charge in [0.1, 0.15) is 5.75 Å². The van der Waals surface area contributed by atoms with Crippen LogP contribution in [0.3, 0.4) is 0 Å². The second-order valence-electron chi connectivity index (χ2n) is 6.42. The highest BCUT2D eigenvalue weighted by Crippen LogP contribution is 2.45. The van der Waals surface area contributed by atoms with Crippen LogP contribution in [-0.2, 0) is 0 Å². The minimum absolute atomic E-state index is 0.0550. The third kappa shape index (κ3) is 2.77. The van der Waals surface area contributed by atoms with E-state index in [1.165, 1.54) is 0 Å². The summed E-state index contributed by atoms with van der Waals surface area (Å²) in [4.78, 5) is 14.5. The average molecular weight is 289 g/mol. The van der Waals surface area contributed by atoms with Crippen molar-refractivity contribution in [2.24, 2.45) is 11.8 Å². The summed E-state index contributed by atoms with van der Waals surface area (Å²) in [7, 11) is 3.50. The monoisotopic (exact) mass is 289 g/mol. The molecular formula is C17H23NO3. The molecule has 1 amide bonds. The van der Waals surface area contributed by atoms with Gasteiger partial charge >= 0.3 is 0 Å². The Morgan fingerprint density at radius 1 is 1.24 bits per heavy atom. The Labute approximate surface area is 125 Å². The van der Waals surface area contributed by atoms with Gasteiger partial charge in [-0.15, -0.1) is 0 Å². The highest BCUT2D eigenvalue weighted by atomic mass is 16.5. The first-order chi connectivity index (χ1) is 10.1. The number of ether oxygens (including phenoxy) is 1. The Kier molecular flexibility index (Phi) is 3.89. The minimum atomic E-state index is -0.125. The van der Waals surface area contributed by atoms with E-state index >= 15 is 0 Å². The van der Waals surface area contributed by atoms with Crippen LogP contribution in [0.1, 0.15) is 36.0 Å². The van der Waals surface area contributed by atoms with Gasteiger partial charge in [-0.25, -0.2) is 0 Å². The smallest absolute Gasteiger partial charge is 0.253 e. The standard InChI is InChI=1S/C17H23NO3/c1-18(14-6-12-8-15(19)9-13(12)7-14)17(20)11-4-3-5-16(10-11)21-2/h3-5,10,12-15,19H,6-9H2,1-2H3/t12-,13+,14?,15?. The van der Waals surface area contributed by atoms with E-state index in [0.717, 1.165) is 25.7 Å². The minimum Gasteiger partial charge on any atom is -0.497 e. The van der Waals surface area contributed by atoms with Crippen molar-refractivity contribution in [1.29, 1.82) is 0 Å². The van der Waals surface area contributed by atoms with Crippen molar-refractivity contribution in [2.45, 2.75) is 37.8 Å². The Hall–Kier alpha value is -1.55. The number of fused-ring (bicyclic) bond motifs is 1. The zero-order valence-corrected chi connectivity index (χ0v) is 12.7. The molecule has 114 valence electrons. The lowest BCUT2D eigenvalue weighted by Crippen LogP contribution is -2.36. The summed E-state index contributed by atoms with van der Waals surface area (Å²) in [5, 5.41) is 9.71. The molecule has 0 saturated heterocycles. The molecule has 21 heavy (non-hydrogen) atoms. The van der Waals surface area contributed by atoms with Crippen LogP contribution in [0.25, 0.3) is 0 Å². The molecule has 1 aromatic carbocycles. The molecule has 2 saturated carbocycles. The van der Waals surface area contributed by atoms with Crippen LogP contribution in [0.5, 0.6) is 5.75 Å². The van der Waals surface area contributed by atoms with Gasteiger partial charge in [0, 0.05) is 18.7 Å². The van der Waals surface area contributed by atoms with Crippen LogP contribution in [0.15, 0.2) is 24.3 Å². The fourth-order valence-electron chi connectivity index (χ4n) is 3.99. The Morgan fingerprint density at radius 3 is 2.52 bits per heavy atom. The van der Waals surface area contributed by atoms with Gasteiger partial charge in [0.2, 0.25) is 0 Å². The third-order valence-electron chi connectivity index (χ3n) is 5.15. The van der Waals surface area contributed by atoms with Crippen LogP contribution >= 0.6 is 0 Å². The van der Waals surface area contributed by atoms with Crippen molar-refractivity contribution in [1.82, 2.24) is 4.90 Å². The number of aliphatic hydroxyl groups is 1. The van der Waals surface area contributed by atoms with Gasteiger partial charge in [-0.1, -0.05) is 6.07 Å². The van der Waals surface area contributed by atoms with Gasteiger partial charge in [0.25, 0.3) is 5.91 Å². The summed E-state index contributed by atoms with van der Waals surface area (Å²) in [5.41, 5.74) is 0.675. The largest absolute Gasteiger partial charge is 0.497 e.